The number of hydrogen-bond acceptors (Lipinski definition) is 2. The first kappa shape index (κ1) is 10.7. The molecule has 0 aromatic heterocycles. The van der Waals surface area contributed by atoms with E-state index in [0.717, 1.165) is 0 Å². The molecule has 0 unspecified atom stereocenters. The number of carboxylic acid groups (broad SMARTS) is 1. The van der Waals surface area contributed by atoms with Crippen LogP contribution in [-0.4, -0.2) is 17.2 Å². The lowest BCUT2D eigenvalue weighted by molar-refractivity contribution is -0.149. The smallest absolute Gasteiger partial charge is 0.332 e. The first-order valence-electron chi connectivity index (χ1n) is 4.18. The number of carbonyl (C=O) groups is 1. The van der Waals surface area contributed by atoms with E-state index >= 15 is 0 Å². The standard InChI is InChI=1S/C10H11FO3/c1-7(10(12)13)14-6-8-3-2-4-9(11)5-8/h2-5,7H,6H2,1H3,(H,12,13)/t7-/m1/s1. The second-order valence-corrected chi connectivity index (χ2v) is 2.92. The normalized spacial score (nSPS) is 12.4. The third kappa shape index (κ3) is 3.14. The van der Waals surface area contributed by atoms with Gasteiger partial charge in [0.2, 0.25) is 0 Å². The molecule has 1 aromatic carbocycles. The Morgan fingerprint density at radius 3 is 2.93 bits per heavy atom. The molecule has 0 aliphatic carbocycles. The van der Waals surface area contributed by atoms with Crippen LogP contribution in [0.2, 0.25) is 0 Å². The van der Waals surface area contributed by atoms with E-state index in [4.69, 9.17) is 9.84 Å². The largest absolute Gasteiger partial charge is 0.479 e. The van der Waals surface area contributed by atoms with Crippen molar-refractivity contribution in [2.45, 2.75) is 19.6 Å². The molecule has 1 N–H and O–H groups in total. The fraction of sp³-hybridized carbons (Fsp3) is 0.300. The molecule has 1 aromatic rings. The first-order valence-corrected chi connectivity index (χ1v) is 4.18. The molecule has 3 nitrogen and oxygen atoms in total. The molecule has 0 saturated carbocycles. The lowest BCUT2D eigenvalue weighted by Crippen LogP contribution is -2.19. The van der Waals surface area contributed by atoms with Gasteiger partial charge in [0.05, 0.1) is 6.61 Å². The van der Waals surface area contributed by atoms with Crippen LogP contribution >= 0.6 is 0 Å². The fourth-order valence-electron chi connectivity index (χ4n) is 0.919. The van der Waals surface area contributed by atoms with Gasteiger partial charge in [-0.05, 0) is 24.6 Å². The Morgan fingerprint density at radius 1 is 1.64 bits per heavy atom. The van der Waals surface area contributed by atoms with Crippen molar-refractivity contribution in [3.05, 3.63) is 35.6 Å². The summed E-state index contributed by atoms with van der Waals surface area (Å²) >= 11 is 0. The lowest BCUT2D eigenvalue weighted by Gasteiger charge is -2.07. The second-order valence-electron chi connectivity index (χ2n) is 2.92. The van der Waals surface area contributed by atoms with Gasteiger partial charge in [-0.25, -0.2) is 9.18 Å². The van der Waals surface area contributed by atoms with Crippen molar-refractivity contribution in [1.82, 2.24) is 0 Å². The third-order valence-electron chi connectivity index (χ3n) is 1.74. The Bertz CT molecular complexity index is 325. The summed E-state index contributed by atoms with van der Waals surface area (Å²) in [5, 5.41) is 8.52. The van der Waals surface area contributed by atoms with Crippen LogP contribution in [0.4, 0.5) is 4.39 Å². The Labute approximate surface area is 81.1 Å². The average molecular weight is 198 g/mol. The molecule has 14 heavy (non-hydrogen) atoms. The third-order valence-corrected chi connectivity index (χ3v) is 1.74. The zero-order chi connectivity index (χ0) is 10.6. The Hall–Kier alpha value is -1.42. The molecule has 76 valence electrons. The molecule has 4 heteroatoms. The first-order chi connectivity index (χ1) is 6.59. The van der Waals surface area contributed by atoms with E-state index in [1.165, 1.54) is 19.1 Å². The van der Waals surface area contributed by atoms with E-state index in [2.05, 4.69) is 0 Å². The highest BCUT2D eigenvalue weighted by Gasteiger charge is 2.10. The van der Waals surface area contributed by atoms with Crippen molar-refractivity contribution < 1.29 is 19.0 Å². The van der Waals surface area contributed by atoms with Crippen molar-refractivity contribution >= 4 is 5.97 Å². The summed E-state index contributed by atoms with van der Waals surface area (Å²) < 4.78 is 17.7. The zero-order valence-corrected chi connectivity index (χ0v) is 7.74. The molecular formula is C10H11FO3. The SMILES string of the molecule is C[C@@H](OCc1cccc(F)c1)C(=O)O. The molecular weight excluding hydrogens is 187 g/mol. The number of ether oxygens (including phenoxy) is 1. The van der Waals surface area contributed by atoms with E-state index in [1.807, 2.05) is 0 Å². The predicted octanol–water partition coefficient (Wildman–Crippen LogP) is 1.82. The number of rotatable bonds is 4. The van der Waals surface area contributed by atoms with Gasteiger partial charge in [0.15, 0.2) is 6.10 Å². The molecule has 1 rings (SSSR count). The number of benzene rings is 1. The zero-order valence-electron chi connectivity index (χ0n) is 7.74. The summed E-state index contributed by atoms with van der Waals surface area (Å²) in [5.74, 6) is -1.38. The molecule has 0 amide bonds. The minimum atomic E-state index is -1.03. The van der Waals surface area contributed by atoms with Crippen LogP contribution in [0.25, 0.3) is 0 Å². The van der Waals surface area contributed by atoms with Crippen LogP contribution in [-0.2, 0) is 16.1 Å². The maximum absolute atomic E-state index is 12.7. The molecule has 0 fully saturated rings. The Kier molecular flexibility index (Phi) is 3.59. The van der Waals surface area contributed by atoms with Gasteiger partial charge in [-0.1, -0.05) is 12.1 Å². The summed E-state index contributed by atoms with van der Waals surface area (Å²) in [4.78, 5) is 10.4. The van der Waals surface area contributed by atoms with Gasteiger partial charge >= 0.3 is 5.97 Å². The number of aliphatic carboxylic acids is 1. The summed E-state index contributed by atoms with van der Waals surface area (Å²) in [7, 11) is 0. The molecule has 0 spiro atoms. The highest BCUT2D eigenvalue weighted by Crippen LogP contribution is 2.06. The van der Waals surface area contributed by atoms with Crippen molar-refractivity contribution in [3.8, 4) is 0 Å². The summed E-state index contributed by atoms with van der Waals surface area (Å²) in [6, 6.07) is 5.87. The van der Waals surface area contributed by atoms with Crippen LogP contribution in [0.3, 0.4) is 0 Å². The minimum absolute atomic E-state index is 0.102. The van der Waals surface area contributed by atoms with E-state index in [9.17, 15) is 9.18 Å². The number of carboxylic acids is 1. The average Bonchev–Trinajstić information content (AvgIpc) is 2.14. The number of halogens is 1. The molecule has 0 saturated heterocycles. The van der Waals surface area contributed by atoms with Crippen molar-refractivity contribution in [2.75, 3.05) is 0 Å². The van der Waals surface area contributed by atoms with Gasteiger partial charge in [0.1, 0.15) is 5.82 Å². The molecule has 0 radical (unpaired) electrons. The monoisotopic (exact) mass is 198 g/mol. The fourth-order valence-corrected chi connectivity index (χ4v) is 0.919. The Balaban J connectivity index is 2.49. The van der Waals surface area contributed by atoms with Crippen LogP contribution in [0.15, 0.2) is 24.3 Å². The van der Waals surface area contributed by atoms with Gasteiger partial charge in [-0.3, -0.25) is 0 Å². The van der Waals surface area contributed by atoms with Crippen LogP contribution in [0.1, 0.15) is 12.5 Å². The molecule has 0 heterocycles. The lowest BCUT2D eigenvalue weighted by atomic mass is 10.2. The van der Waals surface area contributed by atoms with Gasteiger partial charge in [0.25, 0.3) is 0 Å². The maximum atomic E-state index is 12.7. The van der Waals surface area contributed by atoms with Crippen molar-refractivity contribution in [2.24, 2.45) is 0 Å². The molecule has 0 aliphatic heterocycles. The van der Waals surface area contributed by atoms with Crippen LogP contribution < -0.4 is 0 Å². The van der Waals surface area contributed by atoms with E-state index in [0.29, 0.717) is 5.56 Å². The van der Waals surface area contributed by atoms with Gasteiger partial charge < -0.3 is 9.84 Å². The van der Waals surface area contributed by atoms with Crippen LogP contribution in [0.5, 0.6) is 0 Å². The highest BCUT2D eigenvalue weighted by atomic mass is 19.1. The van der Waals surface area contributed by atoms with Crippen molar-refractivity contribution in [1.29, 1.82) is 0 Å². The Morgan fingerprint density at radius 2 is 2.36 bits per heavy atom. The van der Waals surface area contributed by atoms with E-state index in [1.54, 1.807) is 12.1 Å². The van der Waals surface area contributed by atoms with E-state index < -0.39 is 12.1 Å². The summed E-state index contributed by atoms with van der Waals surface area (Å²) in [6.45, 7) is 1.53. The topological polar surface area (TPSA) is 46.5 Å². The molecule has 0 aliphatic rings. The van der Waals surface area contributed by atoms with Gasteiger partial charge in [0, 0.05) is 0 Å². The van der Waals surface area contributed by atoms with Gasteiger partial charge in [-0.2, -0.15) is 0 Å². The summed E-state index contributed by atoms with van der Waals surface area (Å²) in [6.07, 6.45) is -0.877. The highest BCUT2D eigenvalue weighted by molar-refractivity contribution is 5.71. The van der Waals surface area contributed by atoms with Gasteiger partial charge in [-0.15, -0.1) is 0 Å². The van der Waals surface area contributed by atoms with E-state index in [-0.39, 0.29) is 12.4 Å². The molecule has 0 bridgehead atoms. The maximum Gasteiger partial charge on any atom is 0.332 e. The number of hydrogen-bond donors (Lipinski definition) is 1. The molecule has 1 atom stereocenters. The second kappa shape index (κ2) is 4.72. The minimum Gasteiger partial charge on any atom is -0.479 e. The summed E-state index contributed by atoms with van der Waals surface area (Å²) in [5.41, 5.74) is 0.623. The quantitative estimate of drug-likeness (QED) is 0.802. The predicted molar refractivity (Wildman–Crippen MR) is 48.3 cm³/mol. The van der Waals surface area contributed by atoms with Crippen LogP contribution in [0, 0.1) is 5.82 Å². The van der Waals surface area contributed by atoms with Crippen molar-refractivity contribution in [3.63, 3.8) is 0 Å².